The largest absolute Gasteiger partial charge is 0.378 e. The summed E-state index contributed by atoms with van der Waals surface area (Å²) in [6, 6.07) is 15.9. The zero-order valence-corrected chi connectivity index (χ0v) is 18.4. The smallest absolute Gasteiger partial charge is 0.123 e. The lowest BCUT2D eigenvalue weighted by Crippen LogP contribution is -2.83. The Labute approximate surface area is 175 Å². The Morgan fingerprint density at radius 3 is 2.38 bits per heavy atom. The van der Waals surface area contributed by atoms with Crippen molar-refractivity contribution in [2.75, 3.05) is 32.1 Å². The molecule has 2 aromatic rings. The first-order chi connectivity index (χ1) is 13.9. The van der Waals surface area contributed by atoms with Gasteiger partial charge in [-0.2, -0.15) is 0 Å². The van der Waals surface area contributed by atoms with Gasteiger partial charge in [-0.25, -0.2) is 4.39 Å². The average Bonchev–Trinajstić information content (AvgIpc) is 2.72. The number of nitrogens with zero attached hydrogens (tertiary/aromatic N) is 1. The van der Waals surface area contributed by atoms with E-state index in [1.807, 2.05) is 12.1 Å². The summed E-state index contributed by atoms with van der Waals surface area (Å²) in [6.45, 7) is 7.22. The summed E-state index contributed by atoms with van der Waals surface area (Å²) in [7, 11) is 4.13. The maximum absolute atomic E-state index is 13.5. The standard InChI is InChI=1S/C25H35FN2O/c1-5-24(2)19-25(15-17-29-24,21-8-10-22(26)11-9-21)14-16-27-18-20-6-12-23(13-7-20)28(3)4/h6-13,27H,5,14-19H2,1-4H3/p+1/t24-,25+/m1/s1. The first-order valence-corrected chi connectivity index (χ1v) is 10.8. The summed E-state index contributed by atoms with van der Waals surface area (Å²) in [5.74, 6) is -0.165. The molecule has 2 N–H and O–H groups in total. The Balaban J connectivity index is 1.66. The van der Waals surface area contributed by atoms with Crippen LogP contribution in [0.2, 0.25) is 0 Å². The van der Waals surface area contributed by atoms with E-state index in [1.54, 1.807) is 12.1 Å². The van der Waals surface area contributed by atoms with Gasteiger partial charge in [-0.1, -0.05) is 31.2 Å². The van der Waals surface area contributed by atoms with Crippen molar-refractivity contribution in [2.45, 2.75) is 57.1 Å². The molecule has 0 bridgehead atoms. The van der Waals surface area contributed by atoms with E-state index >= 15 is 0 Å². The highest BCUT2D eigenvalue weighted by Gasteiger charge is 2.43. The van der Waals surface area contributed by atoms with E-state index < -0.39 is 0 Å². The third kappa shape index (κ3) is 5.37. The fraction of sp³-hybridized carbons (Fsp3) is 0.520. The Kier molecular flexibility index (Phi) is 6.97. The second-order valence-corrected chi connectivity index (χ2v) is 8.96. The summed E-state index contributed by atoms with van der Waals surface area (Å²) in [5.41, 5.74) is 3.78. The quantitative estimate of drug-likeness (QED) is 0.672. The van der Waals surface area contributed by atoms with E-state index in [4.69, 9.17) is 4.74 Å². The summed E-state index contributed by atoms with van der Waals surface area (Å²) in [5, 5.41) is 2.40. The molecule has 3 rings (SSSR count). The van der Waals surface area contributed by atoms with E-state index in [0.717, 1.165) is 45.4 Å². The van der Waals surface area contributed by atoms with E-state index in [1.165, 1.54) is 16.8 Å². The second-order valence-electron chi connectivity index (χ2n) is 8.96. The van der Waals surface area contributed by atoms with E-state index in [9.17, 15) is 4.39 Å². The first-order valence-electron chi connectivity index (χ1n) is 10.8. The van der Waals surface area contributed by atoms with Crippen LogP contribution >= 0.6 is 0 Å². The third-order valence-electron chi connectivity index (χ3n) is 6.61. The minimum absolute atomic E-state index is 0.0575. The normalized spacial score (nSPS) is 24.4. The molecule has 158 valence electrons. The van der Waals surface area contributed by atoms with Gasteiger partial charge in [-0.3, -0.25) is 0 Å². The number of halogens is 1. The molecule has 0 unspecified atom stereocenters. The molecule has 1 fully saturated rings. The first kappa shape index (κ1) is 21.8. The zero-order chi connectivity index (χ0) is 20.9. The zero-order valence-electron chi connectivity index (χ0n) is 18.4. The van der Waals surface area contributed by atoms with E-state index in [0.29, 0.717) is 0 Å². The van der Waals surface area contributed by atoms with Crippen LogP contribution in [0.1, 0.15) is 50.7 Å². The molecule has 1 aliphatic rings. The van der Waals surface area contributed by atoms with Gasteiger partial charge in [-0.15, -0.1) is 0 Å². The highest BCUT2D eigenvalue weighted by atomic mass is 19.1. The highest BCUT2D eigenvalue weighted by molar-refractivity contribution is 5.45. The van der Waals surface area contributed by atoms with Crippen molar-refractivity contribution in [3.8, 4) is 0 Å². The van der Waals surface area contributed by atoms with E-state index in [2.05, 4.69) is 62.4 Å². The molecule has 0 aromatic heterocycles. The Morgan fingerprint density at radius 1 is 1.07 bits per heavy atom. The lowest BCUT2D eigenvalue weighted by molar-refractivity contribution is -0.672. The lowest BCUT2D eigenvalue weighted by Gasteiger charge is -2.46. The minimum Gasteiger partial charge on any atom is -0.378 e. The van der Waals surface area contributed by atoms with Crippen LogP contribution in [-0.2, 0) is 16.7 Å². The van der Waals surface area contributed by atoms with Crippen LogP contribution in [0.5, 0.6) is 0 Å². The SMILES string of the molecule is CC[C@]1(C)C[C@@](CC[NH2+]Cc2ccc(N(C)C)cc2)(c2ccc(F)cc2)CCO1. The molecule has 4 heteroatoms. The minimum atomic E-state index is -0.165. The Morgan fingerprint density at radius 2 is 1.76 bits per heavy atom. The van der Waals surface area contributed by atoms with Gasteiger partial charge in [0.1, 0.15) is 12.4 Å². The molecule has 0 spiro atoms. The van der Waals surface area contributed by atoms with Gasteiger partial charge in [0.25, 0.3) is 0 Å². The molecule has 29 heavy (non-hydrogen) atoms. The van der Waals surface area contributed by atoms with Crippen molar-refractivity contribution < 1.29 is 14.4 Å². The van der Waals surface area contributed by atoms with Crippen molar-refractivity contribution >= 4 is 5.69 Å². The fourth-order valence-electron chi connectivity index (χ4n) is 4.56. The van der Waals surface area contributed by atoms with Crippen molar-refractivity contribution in [3.63, 3.8) is 0 Å². The average molecular weight is 400 g/mol. The summed E-state index contributed by atoms with van der Waals surface area (Å²) < 4.78 is 19.7. The molecule has 1 saturated heterocycles. The number of rotatable bonds is 8. The molecule has 1 aliphatic heterocycles. The van der Waals surface area contributed by atoms with Gasteiger partial charge in [0, 0.05) is 43.8 Å². The number of hydrogen-bond acceptors (Lipinski definition) is 2. The van der Waals surface area contributed by atoms with Gasteiger partial charge < -0.3 is 15.0 Å². The summed E-state index contributed by atoms with van der Waals surface area (Å²) in [4.78, 5) is 2.12. The van der Waals surface area contributed by atoms with Crippen molar-refractivity contribution in [2.24, 2.45) is 0 Å². The molecule has 2 aromatic carbocycles. The second kappa shape index (κ2) is 9.27. The topological polar surface area (TPSA) is 29.1 Å². The van der Waals surface area contributed by atoms with Crippen LogP contribution in [0.4, 0.5) is 10.1 Å². The highest BCUT2D eigenvalue weighted by Crippen LogP contribution is 2.44. The van der Waals surface area contributed by atoms with Gasteiger partial charge in [0.15, 0.2) is 0 Å². The van der Waals surface area contributed by atoms with Gasteiger partial charge in [-0.05, 0) is 56.0 Å². The number of ether oxygens (including phenoxy) is 1. The van der Waals surface area contributed by atoms with Crippen molar-refractivity contribution in [3.05, 3.63) is 65.5 Å². The predicted octanol–water partition coefficient (Wildman–Crippen LogP) is 4.26. The lowest BCUT2D eigenvalue weighted by atomic mass is 9.66. The van der Waals surface area contributed by atoms with E-state index in [-0.39, 0.29) is 16.8 Å². The third-order valence-corrected chi connectivity index (χ3v) is 6.61. The molecule has 3 nitrogen and oxygen atoms in total. The van der Waals surface area contributed by atoms with Crippen LogP contribution in [0.25, 0.3) is 0 Å². The number of benzene rings is 2. The molecule has 0 aliphatic carbocycles. The fourth-order valence-corrected chi connectivity index (χ4v) is 4.56. The predicted molar refractivity (Wildman–Crippen MR) is 118 cm³/mol. The maximum atomic E-state index is 13.5. The summed E-state index contributed by atoms with van der Waals surface area (Å²) in [6.07, 6.45) is 4.07. The monoisotopic (exact) mass is 399 g/mol. The maximum Gasteiger partial charge on any atom is 0.123 e. The van der Waals surface area contributed by atoms with Crippen molar-refractivity contribution in [1.82, 2.24) is 0 Å². The van der Waals surface area contributed by atoms with Crippen LogP contribution < -0.4 is 10.2 Å². The molecule has 2 atom stereocenters. The molecule has 0 radical (unpaired) electrons. The summed E-state index contributed by atoms with van der Waals surface area (Å²) >= 11 is 0. The molecular weight excluding hydrogens is 363 g/mol. The van der Waals surface area contributed by atoms with Gasteiger partial charge >= 0.3 is 0 Å². The van der Waals surface area contributed by atoms with Crippen LogP contribution in [-0.4, -0.2) is 32.8 Å². The van der Waals surface area contributed by atoms with Gasteiger partial charge in [0.2, 0.25) is 0 Å². The van der Waals surface area contributed by atoms with Gasteiger partial charge in [0.05, 0.1) is 12.1 Å². The van der Waals surface area contributed by atoms with Crippen LogP contribution in [0, 0.1) is 5.82 Å². The Hall–Kier alpha value is -1.91. The number of hydrogen-bond donors (Lipinski definition) is 1. The van der Waals surface area contributed by atoms with Crippen LogP contribution in [0.15, 0.2) is 48.5 Å². The number of nitrogens with two attached hydrogens (primary N) is 1. The molecular formula is C25H36FN2O+. The van der Waals surface area contributed by atoms with Crippen LogP contribution in [0.3, 0.4) is 0 Å². The Bertz CT molecular complexity index is 774. The molecule has 1 heterocycles. The number of quaternary nitrogens is 1. The molecule has 0 amide bonds. The number of anilines is 1. The van der Waals surface area contributed by atoms with Crippen molar-refractivity contribution in [1.29, 1.82) is 0 Å². The molecule has 0 saturated carbocycles.